The van der Waals surface area contributed by atoms with Gasteiger partial charge in [0.15, 0.2) is 0 Å². The molecule has 0 heterocycles. The lowest BCUT2D eigenvalue weighted by atomic mass is 10.4. The Labute approximate surface area is 97.8 Å². The molecule has 4 heteroatoms. The second-order valence-corrected chi connectivity index (χ2v) is 12.4. The van der Waals surface area contributed by atoms with Gasteiger partial charge in [-0.15, -0.1) is 11.4 Å². The lowest BCUT2D eigenvalue weighted by Crippen LogP contribution is -1.95. The molecule has 0 amide bonds. The molecule has 0 bridgehead atoms. The predicted octanol–water partition coefficient (Wildman–Crippen LogP) is 3.71. The Hall–Kier alpha value is 0.960. The van der Waals surface area contributed by atoms with Gasteiger partial charge in [0.1, 0.15) is 0 Å². The van der Waals surface area contributed by atoms with Crippen molar-refractivity contribution in [3.63, 3.8) is 0 Å². The van der Waals surface area contributed by atoms with Gasteiger partial charge in [0, 0.05) is 11.0 Å². The van der Waals surface area contributed by atoms with E-state index in [1.54, 1.807) is 0 Å². The second-order valence-electron chi connectivity index (χ2n) is 3.53. The highest BCUT2D eigenvalue weighted by molar-refractivity contribution is 8.71. The summed E-state index contributed by atoms with van der Waals surface area (Å²) in [5.41, 5.74) is 0. The molecule has 0 radical (unpaired) electrons. The van der Waals surface area contributed by atoms with Crippen LogP contribution in [0.25, 0.3) is 0 Å². The normalized spacial score (nSPS) is 11.9. The maximum Gasteiger partial charge on any atom is 0.0525 e. The molecule has 0 fully saturated rings. The van der Waals surface area contributed by atoms with E-state index < -0.39 is 5.24 Å². The SMILES string of the molecule is CCCCP(=S)(CCCC)SCCO. The van der Waals surface area contributed by atoms with Gasteiger partial charge in [0.25, 0.3) is 0 Å². The van der Waals surface area contributed by atoms with Crippen LogP contribution in [0.2, 0.25) is 0 Å². The predicted molar refractivity (Wildman–Crippen MR) is 73.4 cm³/mol. The van der Waals surface area contributed by atoms with Crippen molar-refractivity contribution in [2.24, 2.45) is 0 Å². The number of hydrogen-bond acceptors (Lipinski definition) is 3. The van der Waals surface area contributed by atoms with Gasteiger partial charge < -0.3 is 5.11 Å². The molecular weight excluding hydrogens is 231 g/mol. The maximum atomic E-state index is 8.83. The molecule has 0 saturated carbocycles. The van der Waals surface area contributed by atoms with Crippen LogP contribution in [0.3, 0.4) is 0 Å². The lowest BCUT2D eigenvalue weighted by Gasteiger charge is -2.20. The zero-order valence-corrected chi connectivity index (χ0v) is 11.9. The first-order chi connectivity index (χ1) is 6.68. The van der Waals surface area contributed by atoms with Crippen LogP contribution < -0.4 is 0 Å². The molecule has 0 saturated heterocycles. The average Bonchev–Trinajstić information content (AvgIpc) is 2.21. The molecule has 0 unspecified atom stereocenters. The third kappa shape index (κ3) is 7.28. The first-order valence-corrected chi connectivity index (χ1v) is 10.3. The van der Waals surface area contributed by atoms with Crippen molar-refractivity contribution in [1.29, 1.82) is 0 Å². The number of unbranched alkanes of at least 4 members (excludes halogenated alkanes) is 2. The number of hydrogen-bond donors (Lipinski definition) is 1. The van der Waals surface area contributed by atoms with Crippen LogP contribution in [-0.2, 0) is 11.8 Å². The van der Waals surface area contributed by atoms with E-state index in [-0.39, 0.29) is 6.61 Å². The van der Waals surface area contributed by atoms with E-state index in [2.05, 4.69) is 13.8 Å². The van der Waals surface area contributed by atoms with Gasteiger partial charge in [-0.2, -0.15) is 0 Å². The summed E-state index contributed by atoms with van der Waals surface area (Å²) in [4.78, 5) is 0. The van der Waals surface area contributed by atoms with Crippen LogP contribution >= 0.6 is 16.6 Å². The van der Waals surface area contributed by atoms with Crippen LogP contribution in [0.1, 0.15) is 39.5 Å². The van der Waals surface area contributed by atoms with Crippen molar-refractivity contribution in [3.05, 3.63) is 0 Å². The molecule has 0 aliphatic carbocycles. The maximum absolute atomic E-state index is 8.83. The van der Waals surface area contributed by atoms with E-state index in [1.807, 2.05) is 11.4 Å². The first kappa shape index (κ1) is 15.0. The Kier molecular flexibility index (Phi) is 9.84. The summed E-state index contributed by atoms with van der Waals surface area (Å²) in [6.45, 7) is 4.72. The fraction of sp³-hybridized carbons (Fsp3) is 1.00. The van der Waals surface area contributed by atoms with Gasteiger partial charge in [-0.3, -0.25) is 0 Å². The van der Waals surface area contributed by atoms with Crippen LogP contribution in [-0.4, -0.2) is 29.8 Å². The van der Waals surface area contributed by atoms with E-state index in [4.69, 9.17) is 16.9 Å². The summed E-state index contributed by atoms with van der Waals surface area (Å²) in [7, 11) is 0. The molecule has 1 N–H and O–H groups in total. The van der Waals surface area contributed by atoms with E-state index in [0.717, 1.165) is 5.75 Å². The Morgan fingerprint density at radius 2 is 1.64 bits per heavy atom. The number of aliphatic hydroxyl groups excluding tert-OH is 1. The molecule has 86 valence electrons. The standard InChI is InChI=1S/C10H23OPS2/c1-3-5-8-12(13,9-6-4-2)14-10-7-11/h11H,3-10H2,1-2H3. The summed E-state index contributed by atoms with van der Waals surface area (Å²) in [5, 5.41) is 7.65. The summed E-state index contributed by atoms with van der Waals surface area (Å²) in [6, 6.07) is 0. The zero-order chi connectivity index (χ0) is 10.9. The Bertz CT molecular complexity index is 145. The van der Waals surface area contributed by atoms with E-state index in [9.17, 15) is 0 Å². The van der Waals surface area contributed by atoms with E-state index in [1.165, 1.54) is 38.0 Å². The molecule has 0 aliphatic rings. The number of rotatable bonds is 9. The quantitative estimate of drug-likeness (QED) is 0.633. The van der Waals surface area contributed by atoms with Crippen LogP contribution in [0.5, 0.6) is 0 Å². The fourth-order valence-corrected chi connectivity index (χ4v) is 7.98. The Morgan fingerprint density at radius 1 is 1.14 bits per heavy atom. The van der Waals surface area contributed by atoms with Gasteiger partial charge in [-0.1, -0.05) is 38.5 Å². The largest absolute Gasteiger partial charge is 0.396 e. The third-order valence-electron chi connectivity index (χ3n) is 2.12. The molecular formula is C10H23OPS2. The highest BCUT2D eigenvalue weighted by Gasteiger charge is 2.15. The number of aliphatic hydroxyl groups is 1. The van der Waals surface area contributed by atoms with Gasteiger partial charge in [-0.05, 0) is 25.2 Å². The molecule has 0 atom stereocenters. The third-order valence-corrected chi connectivity index (χ3v) is 10.1. The monoisotopic (exact) mass is 254 g/mol. The average molecular weight is 254 g/mol. The molecule has 0 aromatic rings. The zero-order valence-electron chi connectivity index (χ0n) is 9.37. The molecule has 0 spiro atoms. The fourth-order valence-electron chi connectivity index (χ4n) is 1.25. The van der Waals surface area contributed by atoms with E-state index >= 15 is 0 Å². The van der Waals surface area contributed by atoms with Crippen molar-refractivity contribution in [2.75, 3.05) is 24.7 Å². The summed E-state index contributed by atoms with van der Waals surface area (Å²) < 4.78 is 0. The molecule has 1 nitrogen and oxygen atoms in total. The highest BCUT2D eigenvalue weighted by atomic mass is 32.9. The van der Waals surface area contributed by atoms with Crippen LogP contribution in [0.15, 0.2) is 0 Å². The molecule has 14 heavy (non-hydrogen) atoms. The van der Waals surface area contributed by atoms with Crippen LogP contribution in [0.4, 0.5) is 0 Å². The van der Waals surface area contributed by atoms with Crippen LogP contribution in [0, 0.1) is 0 Å². The minimum Gasteiger partial charge on any atom is -0.396 e. The Balaban J connectivity index is 3.97. The Morgan fingerprint density at radius 3 is 2.00 bits per heavy atom. The highest BCUT2D eigenvalue weighted by Crippen LogP contribution is 2.59. The first-order valence-electron chi connectivity index (χ1n) is 5.52. The van der Waals surface area contributed by atoms with Gasteiger partial charge in [0.2, 0.25) is 0 Å². The molecule has 0 aromatic heterocycles. The molecule has 0 rings (SSSR count). The topological polar surface area (TPSA) is 20.2 Å². The van der Waals surface area contributed by atoms with Gasteiger partial charge in [0.05, 0.1) is 6.61 Å². The summed E-state index contributed by atoms with van der Waals surface area (Å²) >= 11 is 7.64. The van der Waals surface area contributed by atoms with Crippen molar-refractivity contribution >= 4 is 28.4 Å². The van der Waals surface area contributed by atoms with Crippen molar-refractivity contribution in [2.45, 2.75) is 39.5 Å². The smallest absolute Gasteiger partial charge is 0.0525 e. The van der Waals surface area contributed by atoms with Crippen molar-refractivity contribution < 1.29 is 5.11 Å². The minimum atomic E-state index is -1.18. The summed E-state index contributed by atoms with van der Waals surface area (Å²) in [6.07, 6.45) is 7.46. The minimum absolute atomic E-state index is 0.279. The molecule has 0 aromatic carbocycles. The summed E-state index contributed by atoms with van der Waals surface area (Å²) in [5.74, 6) is 0.838. The van der Waals surface area contributed by atoms with Gasteiger partial charge in [-0.25, -0.2) is 0 Å². The molecule has 0 aliphatic heterocycles. The van der Waals surface area contributed by atoms with Gasteiger partial charge >= 0.3 is 0 Å². The van der Waals surface area contributed by atoms with Crippen molar-refractivity contribution in [3.8, 4) is 0 Å². The van der Waals surface area contributed by atoms with Crippen molar-refractivity contribution in [1.82, 2.24) is 0 Å². The second kappa shape index (κ2) is 9.21. The van der Waals surface area contributed by atoms with E-state index in [0.29, 0.717) is 0 Å². The lowest BCUT2D eigenvalue weighted by molar-refractivity contribution is 0.323.